The first kappa shape index (κ1) is 21.5. The van der Waals surface area contributed by atoms with Crippen molar-refractivity contribution in [3.05, 3.63) is 0 Å². The summed E-state index contributed by atoms with van der Waals surface area (Å²) >= 11 is 0. The van der Waals surface area contributed by atoms with E-state index in [1.807, 2.05) is 13.8 Å². The Morgan fingerprint density at radius 3 is 2.30 bits per heavy atom. The lowest BCUT2D eigenvalue weighted by atomic mass is 9.65. The molecular formula is C19H32N2O6. The molecule has 27 heavy (non-hydrogen) atoms. The molecule has 2 amide bonds. The summed E-state index contributed by atoms with van der Waals surface area (Å²) in [6, 6.07) is -0.881. The highest BCUT2D eigenvalue weighted by atomic mass is 16.6. The van der Waals surface area contributed by atoms with Crippen molar-refractivity contribution in [3.63, 3.8) is 0 Å². The van der Waals surface area contributed by atoms with Gasteiger partial charge in [0.1, 0.15) is 5.60 Å². The number of amides is 2. The van der Waals surface area contributed by atoms with Crippen molar-refractivity contribution in [3.8, 4) is 0 Å². The molecule has 8 nitrogen and oxygen atoms in total. The van der Waals surface area contributed by atoms with Gasteiger partial charge < -0.3 is 24.8 Å². The Morgan fingerprint density at radius 2 is 1.89 bits per heavy atom. The molecule has 0 spiro atoms. The highest BCUT2D eigenvalue weighted by molar-refractivity contribution is 5.99. The Hall–Kier alpha value is -1.83. The Balaban J connectivity index is 2.47. The highest BCUT2D eigenvalue weighted by Gasteiger charge is 2.70. The topological polar surface area (TPSA) is 105 Å². The largest absolute Gasteiger partial charge is 0.465 e. The maximum atomic E-state index is 13.2. The van der Waals surface area contributed by atoms with Crippen LogP contribution in [-0.4, -0.2) is 63.9 Å². The summed E-state index contributed by atoms with van der Waals surface area (Å²) < 4.78 is 10.4. The van der Waals surface area contributed by atoms with Crippen molar-refractivity contribution in [2.45, 2.75) is 84.2 Å². The fraction of sp³-hybridized carbons (Fsp3) is 0.842. The predicted octanol–water partition coefficient (Wildman–Crippen LogP) is 1.45. The zero-order chi connectivity index (χ0) is 20.7. The van der Waals surface area contributed by atoms with Gasteiger partial charge in [0.2, 0.25) is 0 Å². The molecule has 4 atom stereocenters. The molecule has 2 fully saturated rings. The molecule has 0 aromatic rings. The van der Waals surface area contributed by atoms with Crippen molar-refractivity contribution in [1.82, 2.24) is 10.2 Å². The fourth-order valence-corrected chi connectivity index (χ4v) is 3.99. The number of aliphatic hydroxyl groups is 1. The number of esters is 1. The zero-order valence-electron chi connectivity index (χ0n) is 17.2. The number of carbonyl (C=O) groups is 3. The van der Waals surface area contributed by atoms with Gasteiger partial charge in [-0.3, -0.25) is 9.59 Å². The fourth-order valence-electron chi connectivity index (χ4n) is 3.99. The van der Waals surface area contributed by atoms with E-state index in [4.69, 9.17) is 9.47 Å². The van der Waals surface area contributed by atoms with Gasteiger partial charge in [0.25, 0.3) is 5.91 Å². The number of likely N-dealkylation sites (tertiary alicyclic amines) is 1. The number of nitrogens with zero attached hydrogens (tertiary/aromatic N) is 1. The summed E-state index contributed by atoms with van der Waals surface area (Å²) in [6.45, 7) is 12.6. The average molecular weight is 384 g/mol. The van der Waals surface area contributed by atoms with Gasteiger partial charge in [-0.05, 0) is 47.0 Å². The lowest BCUT2D eigenvalue weighted by Gasteiger charge is -2.61. The number of cyclic esters (lactones) is 1. The monoisotopic (exact) mass is 384 g/mol. The van der Waals surface area contributed by atoms with Gasteiger partial charge in [-0.15, -0.1) is 0 Å². The Bertz CT molecular complexity index is 610. The van der Waals surface area contributed by atoms with E-state index in [2.05, 4.69) is 5.32 Å². The summed E-state index contributed by atoms with van der Waals surface area (Å²) in [4.78, 5) is 39.6. The van der Waals surface area contributed by atoms with Crippen LogP contribution in [0.5, 0.6) is 0 Å². The molecule has 2 N–H and O–H groups in total. The minimum absolute atomic E-state index is 0.191. The van der Waals surface area contributed by atoms with E-state index >= 15 is 0 Å². The van der Waals surface area contributed by atoms with Crippen LogP contribution in [0.2, 0.25) is 0 Å². The number of aliphatic hydroxyl groups excluding tert-OH is 1. The second-order valence-corrected chi connectivity index (χ2v) is 9.00. The number of rotatable bonds is 5. The molecule has 2 rings (SSSR count). The molecule has 0 radical (unpaired) electrons. The normalized spacial score (nSPS) is 29.6. The molecule has 8 heteroatoms. The third-order valence-corrected chi connectivity index (χ3v) is 5.07. The van der Waals surface area contributed by atoms with Crippen LogP contribution in [0.15, 0.2) is 0 Å². The van der Waals surface area contributed by atoms with Gasteiger partial charge in [-0.25, -0.2) is 4.79 Å². The van der Waals surface area contributed by atoms with Gasteiger partial charge in [0.15, 0.2) is 5.54 Å². The lowest BCUT2D eigenvalue weighted by Crippen LogP contribution is -2.87. The minimum atomic E-state index is -1.62. The van der Waals surface area contributed by atoms with E-state index in [0.29, 0.717) is 6.42 Å². The molecule has 2 aliphatic heterocycles. The molecule has 0 aliphatic carbocycles. The number of β-lactam (4-membered cyclic amide) rings is 1. The predicted molar refractivity (Wildman–Crippen MR) is 97.8 cm³/mol. The molecule has 0 aromatic heterocycles. The van der Waals surface area contributed by atoms with E-state index in [1.165, 1.54) is 0 Å². The number of hydrogen-bond acceptors (Lipinski definition) is 6. The van der Waals surface area contributed by atoms with Crippen molar-refractivity contribution in [2.75, 3.05) is 6.61 Å². The number of ether oxygens (including phenoxy) is 2. The van der Waals surface area contributed by atoms with E-state index < -0.39 is 47.2 Å². The van der Waals surface area contributed by atoms with Crippen LogP contribution in [0.1, 0.15) is 54.9 Å². The van der Waals surface area contributed by atoms with E-state index in [-0.39, 0.29) is 18.6 Å². The first-order valence-electron chi connectivity index (χ1n) is 9.51. The summed E-state index contributed by atoms with van der Waals surface area (Å²) in [5, 5.41) is 13.6. The molecule has 0 aromatic carbocycles. The standard InChI is InChI=1S/C19H32N2O6/c1-10(2)14(22)19(20-17(25)27-18(5,6)7)13(12-8-9-26-15(12)23)21(11(3)4)16(19)24/h10-14,22H,8-9H2,1-7H3,(H,20,25)/t12?,13-,14-,19-/m0/s1. The van der Waals surface area contributed by atoms with Crippen LogP contribution in [0.25, 0.3) is 0 Å². The van der Waals surface area contributed by atoms with Crippen molar-refractivity contribution in [1.29, 1.82) is 0 Å². The van der Waals surface area contributed by atoms with Crippen molar-refractivity contribution >= 4 is 18.0 Å². The molecule has 154 valence electrons. The van der Waals surface area contributed by atoms with Crippen LogP contribution < -0.4 is 5.32 Å². The van der Waals surface area contributed by atoms with E-state index in [1.54, 1.807) is 39.5 Å². The minimum Gasteiger partial charge on any atom is -0.465 e. The summed E-state index contributed by atoms with van der Waals surface area (Å²) in [6.07, 6.45) is -1.54. The van der Waals surface area contributed by atoms with Crippen molar-refractivity contribution < 1.29 is 29.0 Å². The van der Waals surface area contributed by atoms with Crippen LogP contribution >= 0.6 is 0 Å². The first-order chi connectivity index (χ1) is 12.3. The maximum Gasteiger partial charge on any atom is 0.408 e. The van der Waals surface area contributed by atoms with Gasteiger partial charge in [0, 0.05) is 6.04 Å². The van der Waals surface area contributed by atoms with Gasteiger partial charge in [-0.1, -0.05) is 13.8 Å². The third kappa shape index (κ3) is 3.77. The van der Waals surface area contributed by atoms with Crippen LogP contribution in [0.3, 0.4) is 0 Å². The molecule has 0 bridgehead atoms. The number of carbonyl (C=O) groups excluding carboxylic acids is 3. The third-order valence-electron chi connectivity index (χ3n) is 5.07. The summed E-state index contributed by atoms with van der Waals surface area (Å²) in [5.41, 5.74) is -2.38. The molecule has 2 aliphatic rings. The molecular weight excluding hydrogens is 352 g/mol. The van der Waals surface area contributed by atoms with E-state index in [0.717, 1.165) is 0 Å². The Morgan fingerprint density at radius 1 is 1.30 bits per heavy atom. The van der Waals surface area contributed by atoms with Crippen LogP contribution in [0.4, 0.5) is 4.79 Å². The smallest absolute Gasteiger partial charge is 0.408 e. The molecule has 2 heterocycles. The molecule has 2 saturated heterocycles. The average Bonchev–Trinajstić information content (AvgIpc) is 2.91. The lowest BCUT2D eigenvalue weighted by molar-refractivity contribution is -0.189. The van der Waals surface area contributed by atoms with Gasteiger partial charge in [-0.2, -0.15) is 0 Å². The Labute approximate surface area is 160 Å². The van der Waals surface area contributed by atoms with Gasteiger partial charge >= 0.3 is 12.1 Å². The summed E-state index contributed by atoms with van der Waals surface area (Å²) in [7, 11) is 0. The molecule has 1 unspecified atom stereocenters. The number of alkyl carbamates (subject to hydrolysis) is 1. The van der Waals surface area contributed by atoms with E-state index in [9.17, 15) is 19.5 Å². The Kier molecular flexibility index (Phi) is 5.80. The SMILES string of the molecule is CC(C)[C@H](O)[C@]1(NC(=O)OC(C)(C)C)C(=O)N(C(C)C)[C@H]1C1CCOC1=O. The number of hydrogen-bond donors (Lipinski definition) is 2. The molecule has 0 saturated carbocycles. The van der Waals surface area contributed by atoms with Crippen molar-refractivity contribution in [2.24, 2.45) is 11.8 Å². The number of nitrogens with one attached hydrogen (secondary N) is 1. The highest BCUT2D eigenvalue weighted by Crippen LogP contribution is 2.44. The quantitative estimate of drug-likeness (QED) is 0.549. The second kappa shape index (κ2) is 7.30. The van der Waals surface area contributed by atoms with Crippen LogP contribution in [0, 0.1) is 11.8 Å². The van der Waals surface area contributed by atoms with Gasteiger partial charge in [0.05, 0.1) is 24.7 Å². The zero-order valence-corrected chi connectivity index (χ0v) is 17.2. The van der Waals surface area contributed by atoms with Crippen LogP contribution in [-0.2, 0) is 19.1 Å². The summed E-state index contributed by atoms with van der Waals surface area (Å²) in [5.74, 6) is -1.75. The second-order valence-electron chi connectivity index (χ2n) is 9.00. The first-order valence-corrected chi connectivity index (χ1v) is 9.51. The maximum absolute atomic E-state index is 13.2.